The molecule has 1 aliphatic rings. The van der Waals surface area contributed by atoms with Crippen molar-refractivity contribution in [3.05, 3.63) is 58.1 Å². The average molecular weight is 475 g/mol. The molecule has 2 aromatic rings. The number of aryl methyl sites for hydroxylation is 1. The Labute approximate surface area is 194 Å². The van der Waals surface area contributed by atoms with Crippen LogP contribution in [0.5, 0.6) is 0 Å². The SMILES string of the molecule is CCC(C(=O)Nc1ccc(N2CCCCC2)cc1)N(c1cc([N+](=O)[O-])ccc1C)S(C)(=O)=O. The molecule has 1 atom stereocenters. The van der Waals surface area contributed by atoms with Crippen molar-refractivity contribution in [3.63, 3.8) is 0 Å². The van der Waals surface area contributed by atoms with Crippen LogP contribution in [0.15, 0.2) is 42.5 Å². The van der Waals surface area contributed by atoms with Crippen LogP contribution < -0.4 is 14.5 Å². The largest absolute Gasteiger partial charge is 0.372 e. The lowest BCUT2D eigenvalue weighted by Gasteiger charge is -2.31. The number of nitrogens with one attached hydrogen (secondary N) is 1. The van der Waals surface area contributed by atoms with Crippen molar-refractivity contribution in [2.75, 3.05) is 33.9 Å². The van der Waals surface area contributed by atoms with Gasteiger partial charge >= 0.3 is 0 Å². The van der Waals surface area contributed by atoms with Crippen molar-refractivity contribution in [3.8, 4) is 0 Å². The predicted molar refractivity (Wildman–Crippen MR) is 130 cm³/mol. The molecule has 0 radical (unpaired) electrons. The van der Waals surface area contributed by atoms with Crippen LogP contribution >= 0.6 is 0 Å². The van der Waals surface area contributed by atoms with E-state index >= 15 is 0 Å². The van der Waals surface area contributed by atoms with Crippen LogP contribution in [-0.4, -0.2) is 44.6 Å². The third-order valence-corrected chi connectivity index (χ3v) is 6.99. The number of amides is 1. The van der Waals surface area contributed by atoms with Crippen molar-refractivity contribution < 1.29 is 18.1 Å². The molecule has 1 unspecified atom stereocenters. The zero-order chi connectivity index (χ0) is 24.2. The van der Waals surface area contributed by atoms with Gasteiger partial charge < -0.3 is 10.2 Å². The van der Waals surface area contributed by atoms with Gasteiger partial charge in [0.05, 0.1) is 16.9 Å². The second-order valence-corrected chi connectivity index (χ2v) is 10.2. The van der Waals surface area contributed by atoms with Crippen LogP contribution in [0.3, 0.4) is 0 Å². The number of rotatable bonds is 8. The number of piperidine rings is 1. The maximum absolute atomic E-state index is 13.2. The highest BCUT2D eigenvalue weighted by Crippen LogP contribution is 2.31. The molecule has 0 aromatic heterocycles. The number of carbonyl (C=O) groups excluding carboxylic acids is 1. The second kappa shape index (κ2) is 10.2. The molecule has 0 spiro atoms. The van der Waals surface area contributed by atoms with E-state index in [1.54, 1.807) is 26.0 Å². The molecule has 9 nitrogen and oxygen atoms in total. The zero-order valence-corrected chi connectivity index (χ0v) is 20.0. The summed E-state index contributed by atoms with van der Waals surface area (Å²) in [5.74, 6) is -0.500. The average Bonchev–Trinajstić information content (AvgIpc) is 2.78. The number of hydrogen-bond acceptors (Lipinski definition) is 6. The molecular weight excluding hydrogens is 444 g/mol. The van der Waals surface area contributed by atoms with E-state index in [9.17, 15) is 23.3 Å². The summed E-state index contributed by atoms with van der Waals surface area (Å²) in [6.45, 7) is 5.38. The van der Waals surface area contributed by atoms with Crippen molar-refractivity contribution in [2.24, 2.45) is 0 Å². The lowest BCUT2D eigenvalue weighted by Crippen LogP contribution is -2.47. The zero-order valence-electron chi connectivity index (χ0n) is 19.2. The summed E-state index contributed by atoms with van der Waals surface area (Å²) in [4.78, 5) is 26.1. The number of carbonyl (C=O) groups is 1. The molecule has 0 saturated carbocycles. The molecule has 10 heteroatoms. The molecule has 3 rings (SSSR count). The van der Waals surface area contributed by atoms with E-state index in [1.165, 1.54) is 24.6 Å². The van der Waals surface area contributed by atoms with Crippen LogP contribution in [0.1, 0.15) is 38.2 Å². The first-order valence-corrected chi connectivity index (χ1v) is 12.9. The minimum absolute atomic E-state index is 0.120. The van der Waals surface area contributed by atoms with E-state index in [1.807, 2.05) is 12.1 Å². The monoisotopic (exact) mass is 474 g/mol. The number of non-ortho nitro benzene ring substituents is 1. The third kappa shape index (κ3) is 5.81. The third-order valence-electron chi connectivity index (χ3n) is 5.83. The molecule has 33 heavy (non-hydrogen) atoms. The Morgan fingerprint density at radius 1 is 1.15 bits per heavy atom. The van der Waals surface area contributed by atoms with E-state index in [0.717, 1.165) is 42.2 Å². The molecule has 0 bridgehead atoms. The number of benzene rings is 2. The standard InChI is InChI=1S/C23H30N4O5S/c1-4-21(26(33(3,31)32)22-16-20(27(29)30)11-8-17(22)2)23(28)24-18-9-12-19(13-10-18)25-14-6-5-7-15-25/h8-13,16,21H,4-7,14-15H2,1-3H3,(H,24,28). The van der Waals surface area contributed by atoms with Crippen LogP contribution in [-0.2, 0) is 14.8 Å². The van der Waals surface area contributed by atoms with Crippen molar-refractivity contribution >= 4 is 38.7 Å². The first-order valence-electron chi connectivity index (χ1n) is 11.0. The fraction of sp³-hybridized carbons (Fsp3) is 0.435. The smallest absolute Gasteiger partial charge is 0.271 e. The molecule has 1 heterocycles. The molecule has 1 N–H and O–H groups in total. The lowest BCUT2D eigenvalue weighted by molar-refractivity contribution is -0.384. The predicted octanol–water partition coefficient (Wildman–Crippen LogP) is 4.08. The van der Waals surface area contributed by atoms with Gasteiger partial charge in [-0.15, -0.1) is 0 Å². The quantitative estimate of drug-likeness (QED) is 0.456. The summed E-state index contributed by atoms with van der Waals surface area (Å²) in [6.07, 6.45) is 4.75. The van der Waals surface area contributed by atoms with Gasteiger partial charge in [-0.3, -0.25) is 19.2 Å². The first kappa shape index (κ1) is 24.5. The number of anilines is 3. The molecule has 0 aliphatic carbocycles. The van der Waals surface area contributed by atoms with E-state index in [2.05, 4.69) is 10.2 Å². The van der Waals surface area contributed by atoms with Gasteiger partial charge in [0.1, 0.15) is 6.04 Å². The molecule has 1 aliphatic heterocycles. The Kier molecular flexibility index (Phi) is 7.57. The maximum atomic E-state index is 13.2. The fourth-order valence-electron chi connectivity index (χ4n) is 4.12. The summed E-state index contributed by atoms with van der Waals surface area (Å²) in [6, 6.07) is 10.4. The van der Waals surface area contributed by atoms with Gasteiger partial charge in [0.15, 0.2) is 0 Å². The van der Waals surface area contributed by atoms with Crippen LogP contribution in [0.4, 0.5) is 22.7 Å². The van der Waals surface area contributed by atoms with Crippen molar-refractivity contribution in [1.29, 1.82) is 0 Å². The highest BCUT2D eigenvalue weighted by molar-refractivity contribution is 7.92. The summed E-state index contributed by atoms with van der Waals surface area (Å²) < 4.78 is 26.4. The topological polar surface area (TPSA) is 113 Å². The van der Waals surface area contributed by atoms with E-state index in [-0.39, 0.29) is 17.8 Å². The van der Waals surface area contributed by atoms with Gasteiger partial charge in [0.2, 0.25) is 15.9 Å². The van der Waals surface area contributed by atoms with Gasteiger partial charge in [-0.25, -0.2) is 8.42 Å². The normalized spacial score (nSPS) is 15.1. The van der Waals surface area contributed by atoms with Crippen LogP contribution in [0, 0.1) is 17.0 Å². The Morgan fingerprint density at radius 3 is 2.33 bits per heavy atom. The van der Waals surface area contributed by atoms with Crippen molar-refractivity contribution in [1.82, 2.24) is 0 Å². The summed E-state index contributed by atoms with van der Waals surface area (Å²) in [7, 11) is -3.91. The molecule has 178 valence electrons. The van der Waals surface area contributed by atoms with Gasteiger partial charge in [-0.2, -0.15) is 0 Å². The van der Waals surface area contributed by atoms with Gasteiger partial charge in [-0.05, 0) is 62.4 Å². The van der Waals surface area contributed by atoms with Gasteiger partial charge in [-0.1, -0.05) is 13.0 Å². The lowest BCUT2D eigenvalue weighted by atomic mass is 10.1. The van der Waals surface area contributed by atoms with Crippen LogP contribution in [0.25, 0.3) is 0 Å². The Balaban J connectivity index is 1.86. The minimum Gasteiger partial charge on any atom is -0.372 e. The van der Waals surface area contributed by atoms with Gasteiger partial charge in [0.25, 0.3) is 5.69 Å². The number of nitro groups is 1. The summed E-state index contributed by atoms with van der Waals surface area (Å²) in [5, 5.41) is 14.1. The van der Waals surface area contributed by atoms with E-state index in [0.29, 0.717) is 11.3 Å². The molecule has 2 aromatic carbocycles. The molecule has 1 amide bonds. The highest BCUT2D eigenvalue weighted by Gasteiger charge is 2.33. The number of nitrogens with zero attached hydrogens (tertiary/aromatic N) is 3. The first-order chi connectivity index (χ1) is 15.6. The minimum atomic E-state index is -3.91. The molecular formula is C23H30N4O5S. The number of nitro benzene ring substituents is 1. The van der Waals surface area contributed by atoms with E-state index in [4.69, 9.17) is 0 Å². The Morgan fingerprint density at radius 2 is 1.79 bits per heavy atom. The molecule has 1 fully saturated rings. The Bertz CT molecular complexity index is 1110. The number of sulfonamides is 1. The van der Waals surface area contributed by atoms with E-state index < -0.39 is 26.9 Å². The number of hydrogen-bond donors (Lipinski definition) is 1. The molecule has 1 saturated heterocycles. The summed E-state index contributed by atoms with van der Waals surface area (Å²) in [5.41, 5.74) is 2.04. The fourth-order valence-corrected chi connectivity index (χ4v) is 5.38. The van der Waals surface area contributed by atoms with Crippen molar-refractivity contribution in [2.45, 2.75) is 45.6 Å². The summed E-state index contributed by atoms with van der Waals surface area (Å²) >= 11 is 0. The highest BCUT2D eigenvalue weighted by atomic mass is 32.2. The Hall–Kier alpha value is -3.14. The second-order valence-electron chi connectivity index (χ2n) is 8.29. The maximum Gasteiger partial charge on any atom is 0.271 e. The van der Waals surface area contributed by atoms with Gasteiger partial charge in [0, 0.05) is 36.6 Å². The van der Waals surface area contributed by atoms with Crippen LogP contribution in [0.2, 0.25) is 0 Å².